The van der Waals surface area contributed by atoms with Crippen LogP contribution in [0.15, 0.2) is 129 Å². The Morgan fingerprint density at radius 1 is 0.440 bits per heavy atom. The van der Waals surface area contributed by atoms with E-state index in [-0.39, 0.29) is 108 Å². The summed E-state index contributed by atoms with van der Waals surface area (Å²) in [7, 11) is 0. The first-order valence-electron chi connectivity index (χ1n) is 42.2. The lowest BCUT2D eigenvalue weighted by Crippen LogP contribution is -2.35. The predicted molar refractivity (Wildman–Crippen MR) is 486 cm³/mol. The smallest absolute Gasteiger partial charge is 0.431 e. The molecule has 0 unspecified atom stereocenters. The van der Waals surface area contributed by atoms with E-state index in [9.17, 15) is 135 Å². The highest BCUT2D eigenvalue weighted by atomic mass is 35.5. The van der Waals surface area contributed by atoms with Gasteiger partial charge in [0.05, 0.1) is 27.2 Å². The summed E-state index contributed by atoms with van der Waals surface area (Å²) in [6.45, 7) is 27.2. The molecule has 0 saturated heterocycles. The molecule has 0 aliphatic rings. The number of ether oxygens (including phenoxy) is 2. The number of benzene rings is 4. The van der Waals surface area contributed by atoms with Crippen LogP contribution >= 0.6 is 11.6 Å². The van der Waals surface area contributed by atoms with Crippen molar-refractivity contribution in [2.45, 2.75) is 145 Å². The van der Waals surface area contributed by atoms with Crippen LogP contribution in [0.4, 0.5) is 103 Å². The summed E-state index contributed by atoms with van der Waals surface area (Å²) < 4.78 is 236. The van der Waals surface area contributed by atoms with Crippen molar-refractivity contribution >= 4 is 96.6 Å². The summed E-state index contributed by atoms with van der Waals surface area (Å²) in [5, 5.41) is 71.9. The van der Waals surface area contributed by atoms with E-state index < -0.39 is 207 Å². The first kappa shape index (κ1) is 112. The zero-order valence-electron chi connectivity index (χ0n) is 76.9. The number of phenolic OH excluding ortho intramolecular Hbond substituents is 3. The maximum atomic E-state index is 14.6. The molecule has 34 nitrogen and oxygen atoms in total. The molecule has 0 aliphatic carbocycles. The first-order chi connectivity index (χ1) is 66.1. The lowest BCUT2D eigenvalue weighted by atomic mass is 10.1. The molecular weight excluding hydrogens is 1920 g/mol. The number of anilines is 4. The summed E-state index contributed by atoms with van der Waals surface area (Å²) in [4.78, 5) is 120. The number of aromatic nitrogens is 12. The molecule has 0 fully saturated rings. The zero-order valence-corrected chi connectivity index (χ0v) is 77.7. The lowest BCUT2D eigenvalue weighted by molar-refractivity contribution is -0.143. The van der Waals surface area contributed by atoms with Gasteiger partial charge in [0.15, 0.2) is 17.5 Å². The average molecular weight is 2010 g/mol. The number of aromatic hydroxyl groups is 3. The van der Waals surface area contributed by atoms with Gasteiger partial charge in [0.2, 0.25) is 28.7 Å². The van der Waals surface area contributed by atoms with Crippen molar-refractivity contribution < 1.29 is 109 Å². The highest BCUT2D eigenvalue weighted by Gasteiger charge is 2.43. The molecule has 3 amide bonds. The number of fused-ring (bicyclic) bond motifs is 4. The van der Waals surface area contributed by atoms with Gasteiger partial charge in [0.1, 0.15) is 138 Å². The van der Waals surface area contributed by atoms with Gasteiger partial charge in [-0.15, -0.1) is 0 Å². The van der Waals surface area contributed by atoms with Crippen molar-refractivity contribution in [3.8, 4) is 58.2 Å². The Kier molecular flexibility index (Phi) is 37.7. The minimum atomic E-state index is -5.16. The van der Waals surface area contributed by atoms with Gasteiger partial charge < -0.3 is 61.6 Å². The van der Waals surface area contributed by atoms with E-state index in [1.54, 1.807) is 66.7 Å². The largest absolute Gasteiger partial charge is 0.506 e. The van der Waals surface area contributed by atoms with Gasteiger partial charge in [0, 0.05) is 52.4 Å². The molecule has 141 heavy (non-hydrogen) atoms. The topological polar surface area (TPSA) is 468 Å². The molecule has 12 rings (SSSR count). The van der Waals surface area contributed by atoms with Crippen LogP contribution in [0, 0.1) is 64.2 Å². The summed E-state index contributed by atoms with van der Waals surface area (Å²) >= 11 is 5.93. The van der Waals surface area contributed by atoms with Crippen LogP contribution < -0.4 is 54.1 Å². The summed E-state index contributed by atoms with van der Waals surface area (Å²) in [5.41, 5.74) is -18.6. The van der Waals surface area contributed by atoms with E-state index in [1.165, 1.54) is 24.0 Å². The number of hydrogen-bond donors (Lipinski definition) is 9. The quantitative estimate of drug-likeness (QED) is 0.0124. The molecule has 0 radical (unpaired) electrons. The van der Waals surface area contributed by atoms with Crippen LogP contribution in [0.1, 0.15) is 148 Å². The first-order valence-corrected chi connectivity index (χ1v) is 42.6. The minimum absolute atomic E-state index is 0.00292. The van der Waals surface area contributed by atoms with Crippen molar-refractivity contribution in [2.75, 3.05) is 73.6 Å². The van der Waals surface area contributed by atoms with Gasteiger partial charge in [-0.1, -0.05) is 84.4 Å². The molecule has 12 aromatic rings. The zero-order chi connectivity index (χ0) is 106. The number of para-hydroxylation sites is 4. The number of carbonyl (C=O) groups excluding carboxylic acids is 3. The van der Waals surface area contributed by atoms with Crippen LogP contribution in [-0.2, 0) is 39.0 Å². The number of alkyl halides is 12. The fourth-order valence-electron chi connectivity index (χ4n) is 13.0. The van der Waals surface area contributed by atoms with Gasteiger partial charge in [-0.25, -0.2) is 67.0 Å². The van der Waals surface area contributed by atoms with Crippen LogP contribution in [0.2, 0.25) is 5.28 Å². The van der Waals surface area contributed by atoms with Crippen LogP contribution in [0.5, 0.6) is 17.2 Å². The summed E-state index contributed by atoms with van der Waals surface area (Å²) in [6.07, 6.45) is -18.3. The standard InChI is InChI=1S/C22H22ClF4N5O3.C22H20F4N6O4.C22H18F4N6O3.C20H17F4N5O2.2C2H6/c1-11-6-5-7-13(24)16(11)32-14(22(25,26)27)10-12-15(18(32)33)30-19(23)31-17(12)28-8-9-29-20(34)35-21(2,3)4;1-21(2,3)36-20(35)29-8-7-28-18-11-9-14(22(24,25)26)32(17-12(23)5-4-6-13(17)33)19(34)16(11)30-15(10-27)31-18;1-3-17(34)31(4-2)9-8-28-20-12-10-15(22(24,25)26)32(19-13(23)6-5-7-14(19)33)21(35)18(12)29-16(11-27)30-20;1-2-3-4-8-26-18-11-9-14(20(22,23)24)29(17-12(21)6-5-7-13(17)30)19(31)16(11)27-15(10-25)28-18;2*1-2/h5-7,10H,8-9H2,1-4H3,(H,29,34)(H,28,30,31);4-6,9,33H,7-8H2,1-3H3,(H,29,35)(H,28,30,31);3,5-7,10,33H,1,4,8-9H2,2H3,(H,28,29,30);5-7,9,30H,2-4,8H2,1H3,(H,26,27,28);2*1-2H3. The fourth-order valence-corrected chi connectivity index (χ4v) is 13.1. The molecular formula is C90H89ClF16N22O12. The van der Waals surface area contributed by atoms with E-state index in [1.807, 2.05) is 34.6 Å². The number of unbranched alkanes of at least 4 members (excludes halogenated alkanes) is 2. The monoisotopic (exact) mass is 2010 g/mol. The number of nitrogens with one attached hydrogen (secondary N) is 6. The van der Waals surface area contributed by atoms with E-state index in [0.717, 1.165) is 79.6 Å². The normalized spacial score (nSPS) is 11.4. The summed E-state index contributed by atoms with van der Waals surface area (Å²) in [6, 6.07) is 19.2. The molecule has 4 aromatic carbocycles. The molecule has 750 valence electrons. The second-order valence-electron chi connectivity index (χ2n) is 30.7. The number of carbonyl (C=O) groups is 3. The Balaban J connectivity index is 0.000000253. The van der Waals surface area contributed by atoms with Gasteiger partial charge in [-0.2, -0.15) is 68.5 Å². The summed E-state index contributed by atoms with van der Waals surface area (Å²) in [5.74, 6) is -10.2. The van der Waals surface area contributed by atoms with Crippen LogP contribution in [-0.4, -0.2) is 160 Å². The van der Waals surface area contributed by atoms with E-state index in [2.05, 4.69) is 78.4 Å². The maximum Gasteiger partial charge on any atom is 0.431 e. The number of amides is 3. The lowest BCUT2D eigenvalue weighted by Gasteiger charge is -2.20. The molecule has 0 bridgehead atoms. The molecule has 51 heteroatoms. The average Bonchev–Trinajstić information content (AvgIpc) is 0.768. The molecule has 8 aromatic heterocycles. The molecule has 0 aliphatic heterocycles. The number of nitriles is 3. The number of pyridine rings is 4. The van der Waals surface area contributed by atoms with Crippen molar-refractivity contribution in [3.63, 3.8) is 0 Å². The number of alkyl carbamates (subject to hydrolysis) is 2. The number of likely N-dealkylation sites (N-methyl/N-ethyl adjacent to an activating group) is 1. The van der Waals surface area contributed by atoms with Gasteiger partial charge in [-0.05, 0) is 152 Å². The van der Waals surface area contributed by atoms with Gasteiger partial charge in [0.25, 0.3) is 22.2 Å². The number of rotatable bonds is 23. The maximum absolute atomic E-state index is 14.6. The number of nitrogens with zero attached hydrogens (tertiary/aromatic N) is 16. The third-order valence-corrected chi connectivity index (χ3v) is 18.9. The van der Waals surface area contributed by atoms with E-state index >= 15 is 0 Å². The highest BCUT2D eigenvalue weighted by Crippen LogP contribution is 2.42. The van der Waals surface area contributed by atoms with Gasteiger partial charge >= 0.3 is 36.9 Å². The molecule has 0 spiro atoms. The highest BCUT2D eigenvalue weighted by molar-refractivity contribution is 6.28. The Labute approximate surface area is 794 Å². The Morgan fingerprint density at radius 3 is 1.01 bits per heavy atom. The third kappa shape index (κ3) is 27.7. The second kappa shape index (κ2) is 47.4. The Hall–Kier alpha value is -16.0. The molecule has 0 atom stereocenters. The number of phenols is 3. The number of hydrogen-bond acceptors (Lipinski definition) is 27. The minimum Gasteiger partial charge on any atom is -0.506 e. The van der Waals surface area contributed by atoms with Crippen molar-refractivity contribution in [1.29, 1.82) is 15.8 Å². The van der Waals surface area contributed by atoms with Gasteiger partial charge in [-0.3, -0.25) is 42.2 Å². The van der Waals surface area contributed by atoms with Crippen LogP contribution in [0.25, 0.3) is 66.4 Å². The van der Waals surface area contributed by atoms with Crippen molar-refractivity contribution in [3.05, 3.63) is 225 Å². The van der Waals surface area contributed by atoms with Crippen LogP contribution in [0.3, 0.4) is 0 Å². The SMILES string of the molecule is C=CC(=O)N(CC)CCNc1nc(C#N)nc2c(=O)n(-c3c(O)cccc3F)c(C(F)(F)F)cc12.CC.CC.CC(C)(C)OC(=O)NCCNc1nc(C#N)nc2c(=O)n(-c3c(O)cccc3F)c(C(F)(F)F)cc12.CCCCCNc1nc(C#N)nc2c(=O)n(-c3c(O)cccc3F)c(C(F)(F)F)cc12.Cc1cccc(F)c1-n1c(C(F)(F)F)cc2c(NCCNC(=O)OC(C)(C)C)nc(Cl)nc2c1=O. The predicted octanol–water partition coefficient (Wildman–Crippen LogP) is 17.4. The Morgan fingerprint density at radius 2 is 0.730 bits per heavy atom. The van der Waals surface area contributed by atoms with Crippen molar-refractivity contribution in [1.82, 2.24) is 73.7 Å². The van der Waals surface area contributed by atoms with E-state index in [0.29, 0.717) is 43.8 Å². The van der Waals surface area contributed by atoms with E-state index in [4.69, 9.17) is 21.1 Å². The molecule has 9 N–H and O–H groups in total. The fraction of sp³-hybridized carbons (Fsp3) is 0.333. The third-order valence-electron chi connectivity index (χ3n) is 18.7. The molecule has 8 heterocycles. The number of aryl methyl sites for hydroxylation is 1. The Bertz CT molecular complexity index is 6980. The van der Waals surface area contributed by atoms with Crippen molar-refractivity contribution in [2.24, 2.45) is 0 Å². The molecule has 0 saturated carbocycles. The second-order valence-corrected chi connectivity index (χ2v) is 31.0. The number of halogens is 17.